The molecule has 4 aromatic rings. The van der Waals surface area contributed by atoms with Crippen molar-refractivity contribution in [2.45, 2.75) is 160 Å². The van der Waals surface area contributed by atoms with Crippen molar-refractivity contribution in [3.63, 3.8) is 0 Å². The molecular formula is C48H66Cl2N5O9P. The number of nitrogens with two attached hydrogens (primary N) is 1. The predicted octanol–water partition coefficient (Wildman–Crippen LogP) is 12.1. The summed E-state index contributed by atoms with van der Waals surface area (Å²) < 4.78 is 66.8. The largest absolute Gasteiger partial charge is 0.530 e. The van der Waals surface area contributed by atoms with Gasteiger partial charge in [-0.2, -0.15) is 10.4 Å². The number of phosphoric acid groups is 1. The number of halogens is 2. The Morgan fingerprint density at radius 1 is 0.877 bits per heavy atom. The molecule has 1 unspecified atom stereocenters. The van der Waals surface area contributed by atoms with Crippen LogP contribution in [-0.4, -0.2) is 70.7 Å². The molecule has 4 heterocycles. The molecule has 2 aromatic heterocycles. The summed E-state index contributed by atoms with van der Waals surface area (Å²) in [5.74, 6) is -0.561. The normalized spacial score (nSPS) is 21.6. The maximum atomic E-state index is 14.9. The van der Waals surface area contributed by atoms with Crippen molar-refractivity contribution in [2.24, 2.45) is 0 Å². The van der Waals surface area contributed by atoms with Gasteiger partial charge in [-0.1, -0.05) is 126 Å². The summed E-state index contributed by atoms with van der Waals surface area (Å²) in [6.07, 6.45) is 16.4. The van der Waals surface area contributed by atoms with Gasteiger partial charge in [-0.3, -0.25) is 9.05 Å². The van der Waals surface area contributed by atoms with Gasteiger partial charge in [0.1, 0.15) is 47.6 Å². The van der Waals surface area contributed by atoms with E-state index >= 15 is 0 Å². The number of benzene rings is 2. The Morgan fingerprint density at radius 2 is 1.57 bits per heavy atom. The molecule has 0 radical (unpaired) electrons. The zero-order chi connectivity index (χ0) is 46.3. The van der Waals surface area contributed by atoms with Crippen molar-refractivity contribution in [1.82, 2.24) is 14.6 Å². The second-order valence-corrected chi connectivity index (χ2v) is 20.1. The van der Waals surface area contributed by atoms with Crippen LogP contribution in [0.5, 0.6) is 5.75 Å². The third-order valence-corrected chi connectivity index (χ3v) is 13.6. The Bertz CT molecular complexity index is 2210. The van der Waals surface area contributed by atoms with Gasteiger partial charge in [0.2, 0.25) is 0 Å². The number of nitrogen functional groups attached to an aromatic ring is 1. The molecule has 2 fully saturated rings. The molecule has 2 saturated heterocycles. The van der Waals surface area contributed by atoms with Crippen molar-refractivity contribution in [3.05, 3.63) is 87.8 Å². The zero-order valence-corrected chi connectivity index (χ0v) is 40.7. The quantitative estimate of drug-likeness (QED) is 0.0403. The average molecular weight is 959 g/mol. The summed E-state index contributed by atoms with van der Waals surface area (Å²) in [5, 5.41) is 14.6. The number of hydrogen-bond donors (Lipinski definition) is 1. The fourth-order valence-corrected chi connectivity index (χ4v) is 10.2. The molecule has 2 aliphatic rings. The number of hydrogen-bond acceptors (Lipinski definition) is 13. The van der Waals surface area contributed by atoms with Gasteiger partial charge in [-0.25, -0.2) is 14.1 Å². The third-order valence-electron chi connectivity index (χ3n) is 11.7. The standard InChI is InChI=1S/C48H66Cl2N5O9P/c1-5-6-7-8-9-10-11-12-13-14-15-16-17-20-25-57-31-38(58-30-36-26-35(29-51)27-37(49)28-36)32-59-65(56,64-42-22-19-18-21-39(42)50)60-33-48(4)45-44(61-47(2,3)63-45)43(62-48)40-23-24-41-46(52)53-34-54-55(40)41/h18-19,21-24,26-28,34,38,43-45H,5-17,20,25,30-33H2,1-4H3,(H2,52,53,54)/t38-,43-,44-,45-,48+,65?/m0/s1. The molecule has 2 N–H and O–H groups in total. The van der Waals surface area contributed by atoms with E-state index in [0.29, 0.717) is 39.8 Å². The number of rotatable bonds is 29. The average Bonchev–Trinajstić information content (AvgIpc) is 3.94. The van der Waals surface area contributed by atoms with E-state index in [4.69, 9.17) is 66.2 Å². The van der Waals surface area contributed by atoms with Gasteiger partial charge in [0, 0.05) is 11.6 Å². The third kappa shape index (κ3) is 14.8. The fourth-order valence-electron chi connectivity index (χ4n) is 8.32. The maximum absolute atomic E-state index is 14.9. The Balaban J connectivity index is 1.09. The summed E-state index contributed by atoms with van der Waals surface area (Å²) >= 11 is 12.8. The molecule has 6 rings (SSSR count). The lowest BCUT2D eigenvalue weighted by Crippen LogP contribution is -2.44. The van der Waals surface area contributed by atoms with Crippen molar-refractivity contribution in [2.75, 3.05) is 32.2 Å². The highest BCUT2D eigenvalue weighted by molar-refractivity contribution is 7.49. The van der Waals surface area contributed by atoms with Crippen LogP contribution in [0.15, 0.2) is 60.9 Å². The second-order valence-electron chi connectivity index (χ2n) is 17.7. The molecule has 2 aliphatic heterocycles. The van der Waals surface area contributed by atoms with Crippen molar-refractivity contribution in [3.8, 4) is 11.8 Å². The first-order valence-electron chi connectivity index (χ1n) is 23.2. The number of anilines is 1. The Hall–Kier alpha value is -3.32. The molecule has 2 aromatic carbocycles. The van der Waals surface area contributed by atoms with E-state index in [2.05, 4.69) is 23.1 Å². The predicted molar refractivity (Wildman–Crippen MR) is 251 cm³/mol. The molecule has 14 nitrogen and oxygen atoms in total. The van der Waals surface area contributed by atoms with Gasteiger partial charge in [0.05, 0.1) is 48.8 Å². The number of nitriles is 1. The summed E-state index contributed by atoms with van der Waals surface area (Å²) in [6, 6.07) is 17.4. The van der Waals surface area contributed by atoms with Gasteiger partial charge in [-0.05, 0) is 75.2 Å². The lowest BCUT2D eigenvalue weighted by atomic mass is 9.97. The first kappa shape index (κ1) is 51.1. The molecule has 0 bridgehead atoms. The Kier molecular flexibility index (Phi) is 19.4. The molecule has 17 heteroatoms. The molecule has 0 spiro atoms. The van der Waals surface area contributed by atoms with Crippen LogP contribution in [0.1, 0.15) is 141 Å². The van der Waals surface area contributed by atoms with E-state index in [0.717, 1.165) is 19.3 Å². The topological polar surface area (TPSA) is 171 Å². The van der Waals surface area contributed by atoms with E-state index in [9.17, 15) is 9.83 Å². The number of aromatic nitrogens is 3. The first-order valence-corrected chi connectivity index (χ1v) is 25.4. The van der Waals surface area contributed by atoms with E-state index < -0.39 is 43.6 Å². The Labute approximate surface area is 394 Å². The van der Waals surface area contributed by atoms with Crippen molar-refractivity contribution >= 4 is 42.4 Å². The van der Waals surface area contributed by atoms with Gasteiger partial charge in [0.25, 0.3) is 0 Å². The number of nitrogens with zero attached hydrogens (tertiary/aromatic N) is 4. The van der Waals surface area contributed by atoms with E-state index in [-0.39, 0.29) is 37.2 Å². The molecule has 6 atom stereocenters. The monoisotopic (exact) mass is 957 g/mol. The highest BCUT2D eigenvalue weighted by Gasteiger charge is 2.62. The van der Waals surface area contributed by atoms with E-state index in [1.54, 1.807) is 53.9 Å². The molecule has 0 aliphatic carbocycles. The fraction of sp³-hybridized carbons (Fsp3) is 0.604. The van der Waals surface area contributed by atoms with E-state index in [1.165, 1.54) is 77.0 Å². The zero-order valence-electron chi connectivity index (χ0n) is 38.3. The molecule has 0 saturated carbocycles. The number of ether oxygens (including phenoxy) is 5. The van der Waals surface area contributed by atoms with Crippen molar-refractivity contribution < 1.29 is 41.8 Å². The summed E-state index contributed by atoms with van der Waals surface area (Å²) in [6.45, 7) is 7.88. The van der Waals surface area contributed by atoms with Gasteiger partial charge < -0.3 is 33.9 Å². The number of unbranched alkanes of at least 4 members (excludes halogenated alkanes) is 13. The Morgan fingerprint density at radius 3 is 2.26 bits per heavy atom. The minimum atomic E-state index is -4.51. The van der Waals surface area contributed by atoms with Crippen LogP contribution >= 0.6 is 31.0 Å². The molecule has 0 amide bonds. The number of fused-ring (bicyclic) bond motifs is 2. The van der Waals surface area contributed by atoms with Gasteiger partial charge in [-0.15, -0.1) is 0 Å². The van der Waals surface area contributed by atoms with Crippen LogP contribution in [-0.2, 0) is 43.9 Å². The van der Waals surface area contributed by atoms with Crippen LogP contribution in [0, 0.1) is 11.3 Å². The first-order chi connectivity index (χ1) is 31.3. The lowest BCUT2D eigenvalue weighted by molar-refractivity contribution is -0.212. The van der Waals surface area contributed by atoms with Crippen LogP contribution in [0.4, 0.5) is 5.82 Å². The summed E-state index contributed by atoms with van der Waals surface area (Å²) in [5.41, 5.74) is 7.28. The van der Waals surface area contributed by atoms with Crippen LogP contribution in [0.2, 0.25) is 10.0 Å². The highest BCUT2D eigenvalue weighted by atomic mass is 35.5. The number of phosphoric ester groups is 1. The van der Waals surface area contributed by atoms with Crippen LogP contribution in [0.3, 0.4) is 0 Å². The molecule has 65 heavy (non-hydrogen) atoms. The molecule has 356 valence electrons. The smallest absolute Gasteiger partial charge is 0.402 e. The number of para-hydroxylation sites is 1. The maximum Gasteiger partial charge on any atom is 0.530 e. The minimum Gasteiger partial charge on any atom is -0.402 e. The van der Waals surface area contributed by atoms with Crippen molar-refractivity contribution in [1.29, 1.82) is 5.26 Å². The van der Waals surface area contributed by atoms with Crippen LogP contribution < -0.4 is 10.3 Å². The minimum absolute atomic E-state index is 0.0799. The SMILES string of the molecule is CCCCCCCCCCCCCCCCOC[C@@H](COP(=O)(OC[C@@]1(C)O[C@@H](c2ccc3c(N)ncnn23)[C@@H]2OC(C)(C)O[C@@H]21)Oc1ccccc1Cl)OCc1cc(Cl)cc(C#N)c1. The van der Waals surface area contributed by atoms with Gasteiger partial charge >= 0.3 is 7.82 Å². The van der Waals surface area contributed by atoms with Crippen LogP contribution in [0.25, 0.3) is 5.52 Å². The summed E-state index contributed by atoms with van der Waals surface area (Å²) in [4.78, 5) is 4.11. The van der Waals surface area contributed by atoms with Gasteiger partial charge in [0.15, 0.2) is 11.6 Å². The molecular weight excluding hydrogens is 892 g/mol. The van der Waals surface area contributed by atoms with E-state index in [1.807, 2.05) is 26.0 Å². The lowest BCUT2D eigenvalue weighted by Gasteiger charge is -2.32. The highest BCUT2D eigenvalue weighted by Crippen LogP contribution is 2.55. The summed E-state index contributed by atoms with van der Waals surface area (Å²) in [7, 11) is -4.51. The second kappa shape index (κ2) is 24.6.